The predicted octanol–water partition coefficient (Wildman–Crippen LogP) is 4.84. The summed E-state index contributed by atoms with van der Waals surface area (Å²) in [5, 5.41) is 3.81. The normalized spacial score (nSPS) is 11.9. The summed E-state index contributed by atoms with van der Waals surface area (Å²) in [7, 11) is -3.32. The van der Waals surface area contributed by atoms with Crippen molar-refractivity contribution in [3.8, 4) is 0 Å². The van der Waals surface area contributed by atoms with E-state index in [1.807, 2.05) is 24.3 Å². The molecule has 0 radical (unpaired) electrons. The summed E-state index contributed by atoms with van der Waals surface area (Å²) in [5.41, 5.74) is 0.850. The summed E-state index contributed by atoms with van der Waals surface area (Å²) in [6, 6.07) is 7.49. The van der Waals surface area contributed by atoms with E-state index in [2.05, 4.69) is 32.8 Å². The predicted molar refractivity (Wildman–Crippen MR) is 101 cm³/mol. The number of rotatable bonds is 12. The molecule has 0 saturated heterocycles. The number of benzene rings is 1. The van der Waals surface area contributed by atoms with Gasteiger partial charge in [0, 0.05) is 4.47 Å². The Kier molecular flexibility index (Phi) is 10.2. The second-order valence-corrected chi connectivity index (χ2v) is 8.43. The standard InChI is InChI=1S/C17H27BrN2O2S/c1-2-3-4-5-6-7-8-9-14-23(21,22)20-19-15-16-10-12-17(18)13-11-16/h10-13,15,20H,2-9,14H2,1H3/b19-15-. The van der Waals surface area contributed by atoms with Crippen LogP contribution in [-0.2, 0) is 10.0 Å². The van der Waals surface area contributed by atoms with Crippen molar-refractivity contribution in [2.75, 3.05) is 5.75 Å². The minimum absolute atomic E-state index is 0.139. The number of nitrogens with one attached hydrogen (secondary N) is 1. The second-order valence-electron chi connectivity index (χ2n) is 5.69. The topological polar surface area (TPSA) is 58.5 Å². The summed E-state index contributed by atoms with van der Waals surface area (Å²) in [5.74, 6) is 0.139. The Labute approximate surface area is 148 Å². The summed E-state index contributed by atoms with van der Waals surface area (Å²) >= 11 is 3.35. The minimum atomic E-state index is -3.32. The van der Waals surface area contributed by atoms with E-state index < -0.39 is 10.0 Å². The average molecular weight is 403 g/mol. The highest BCUT2D eigenvalue weighted by Gasteiger charge is 2.07. The molecule has 0 saturated carbocycles. The van der Waals surface area contributed by atoms with Gasteiger partial charge in [-0.25, -0.2) is 13.2 Å². The van der Waals surface area contributed by atoms with Crippen molar-refractivity contribution in [1.82, 2.24) is 4.83 Å². The van der Waals surface area contributed by atoms with Crippen molar-refractivity contribution in [3.05, 3.63) is 34.3 Å². The van der Waals surface area contributed by atoms with Gasteiger partial charge < -0.3 is 0 Å². The molecule has 6 heteroatoms. The Balaban J connectivity index is 2.17. The highest BCUT2D eigenvalue weighted by Crippen LogP contribution is 2.10. The SMILES string of the molecule is CCCCCCCCCCS(=O)(=O)N/N=C\c1ccc(Br)cc1. The van der Waals surface area contributed by atoms with Gasteiger partial charge in [0.2, 0.25) is 10.0 Å². The second kappa shape index (κ2) is 11.6. The van der Waals surface area contributed by atoms with Gasteiger partial charge in [-0.2, -0.15) is 5.10 Å². The van der Waals surface area contributed by atoms with E-state index in [1.54, 1.807) is 0 Å². The third-order valence-electron chi connectivity index (χ3n) is 3.54. The summed E-state index contributed by atoms with van der Waals surface area (Å²) in [6.45, 7) is 2.21. The molecule has 0 aliphatic rings. The van der Waals surface area contributed by atoms with Crippen molar-refractivity contribution in [1.29, 1.82) is 0 Å². The molecule has 0 fully saturated rings. The lowest BCUT2D eigenvalue weighted by Crippen LogP contribution is -2.21. The quantitative estimate of drug-likeness (QED) is 0.308. The molecule has 1 aromatic rings. The van der Waals surface area contributed by atoms with Crippen molar-refractivity contribution in [2.45, 2.75) is 58.3 Å². The Morgan fingerprint density at radius 2 is 1.57 bits per heavy atom. The van der Waals surface area contributed by atoms with Gasteiger partial charge in [-0.1, -0.05) is 79.9 Å². The van der Waals surface area contributed by atoms with Gasteiger partial charge in [-0.15, -0.1) is 0 Å². The molecule has 0 aromatic heterocycles. The lowest BCUT2D eigenvalue weighted by Gasteiger charge is -2.04. The minimum Gasteiger partial charge on any atom is -0.205 e. The van der Waals surface area contributed by atoms with Gasteiger partial charge in [0.25, 0.3) is 0 Å². The Hall–Kier alpha value is -0.880. The molecule has 0 amide bonds. The van der Waals surface area contributed by atoms with Crippen LogP contribution in [0, 0.1) is 0 Å². The fourth-order valence-electron chi connectivity index (χ4n) is 2.20. The molecule has 0 unspecified atom stereocenters. The monoisotopic (exact) mass is 402 g/mol. The van der Waals surface area contributed by atoms with E-state index >= 15 is 0 Å². The van der Waals surface area contributed by atoms with E-state index in [0.717, 1.165) is 22.9 Å². The van der Waals surface area contributed by atoms with Gasteiger partial charge in [0.05, 0.1) is 12.0 Å². The fraction of sp³-hybridized carbons (Fsp3) is 0.588. The molecule has 0 aliphatic carbocycles. The van der Waals surface area contributed by atoms with Crippen LogP contribution in [0.2, 0.25) is 0 Å². The molecule has 1 N–H and O–H groups in total. The number of hydrogen-bond donors (Lipinski definition) is 1. The Bertz CT molecular complexity index is 556. The molecule has 130 valence electrons. The number of hydrazone groups is 1. The average Bonchev–Trinajstić information content (AvgIpc) is 2.52. The zero-order valence-electron chi connectivity index (χ0n) is 13.8. The van der Waals surface area contributed by atoms with Crippen molar-refractivity contribution < 1.29 is 8.42 Å². The maximum Gasteiger partial charge on any atom is 0.247 e. The molecule has 0 spiro atoms. The molecule has 1 aromatic carbocycles. The lowest BCUT2D eigenvalue weighted by molar-refractivity contribution is 0.566. The van der Waals surface area contributed by atoms with E-state index in [1.165, 1.54) is 38.3 Å². The zero-order chi connectivity index (χ0) is 17.0. The van der Waals surface area contributed by atoms with Crippen LogP contribution in [0.25, 0.3) is 0 Å². The van der Waals surface area contributed by atoms with Crippen molar-refractivity contribution in [3.63, 3.8) is 0 Å². The van der Waals surface area contributed by atoms with E-state index in [9.17, 15) is 8.42 Å². The Morgan fingerprint density at radius 1 is 1.00 bits per heavy atom. The molecule has 0 aliphatic heterocycles. The Morgan fingerprint density at radius 3 is 2.17 bits per heavy atom. The summed E-state index contributed by atoms with van der Waals surface area (Å²) in [6.07, 6.45) is 10.6. The maximum absolute atomic E-state index is 11.8. The van der Waals surface area contributed by atoms with Gasteiger partial charge in [0.15, 0.2) is 0 Å². The van der Waals surface area contributed by atoms with Crippen LogP contribution in [0.4, 0.5) is 0 Å². The maximum atomic E-state index is 11.8. The van der Waals surface area contributed by atoms with Crippen LogP contribution in [-0.4, -0.2) is 20.4 Å². The first-order valence-corrected chi connectivity index (χ1v) is 10.8. The van der Waals surface area contributed by atoms with E-state index in [4.69, 9.17) is 0 Å². The van der Waals surface area contributed by atoms with Crippen LogP contribution in [0.15, 0.2) is 33.8 Å². The smallest absolute Gasteiger partial charge is 0.205 e. The largest absolute Gasteiger partial charge is 0.247 e. The van der Waals surface area contributed by atoms with Crippen LogP contribution < -0.4 is 4.83 Å². The summed E-state index contributed by atoms with van der Waals surface area (Å²) in [4.78, 5) is 2.27. The van der Waals surface area contributed by atoms with Gasteiger partial charge in [-0.05, 0) is 24.1 Å². The summed E-state index contributed by atoms with van der Waals surface area (Å²) < 4.78 is 24.6. The molecule has 23 heavy (non-hydrogen) atoms. The number of unbranched alkanes of at least 4 members (excludes halogenated alkanes) is 7. The highest BCUT2D eigenvalue weighted by atomic mass is 79.9. The first-order valence-electron chi connectivity index (χ1n) is 8.31. The van der Waals surface area contributed by atoms with Crippen LogP contribution in [0.5, 0.6) is 0 Å². The zero-order valence-corrected chi connectivity index (χ0v) is 16.2. The van der Waals surface area contributed by atoms with Crippen LogP contribution in [0.3, 0.4) is 0 Å². The van der Waals surface area contributed by atoms with Gasteiger partial charge >= 0.3 is 0 Å². The molecular formula is C17H27BrN2O2S. The molecule has 0 atom stereocenters. The third-order valence-corrected chi connectivity index (χ3v) is 5.28. The molecule has 0 heterocycles. The van der Waals surface area contributed by atoms with Gasteiger partial charge in [-0.3, -0.25) is 0 Å². The number of nitrogens with zero attached hydrogens (tertiary/aromatic N) is 1. The molecular weight excluding hydrogens is 376 g/mol. The van der Waals surface area contributed by atoms with E-state index in [0.29, 0.717) is 6.42 Å². The van der Waals surface area contributed by atoms with Crippen molar-refractivity contribution >= 4 is 32.2 Å². The van der Waals surface area contributed by atoms with Crippen molar-refractivity contribution in [2.24, 2.45) is 5.10 Å². The molecule has 1 rings (SSSR count). The fourth-order valence-corrected chi connectivity index (χ4v) is 3.35. The lowest BCUT2D eigenvalue weighted by atomic mass is 10.1. The highest BCUT2D eigenvalue weighted by molar-refractivity contribution is 9.10. The molecule has 4 nitrogen and oxygen atoms in total. The first-order chi connectivity index (χ1) is 11.0. The number of hydrogen-bond acceptors (Lipinski definition) is 3. The third kappa shape index (κ3) is 10.5. The van der Waals surface area contributed by atoms with E-state index in [-0.39, 0.29) is 5.75 Å². The van der Waals surface area contributed by atoms with Crippen LogP contribution >= 0.6 is 15.9 Å². The van der Waals surface area contributed by atoms with Gasteiger partial charge in [0.1, 0.15) is 0 Å². The van der Waals surface area contributed by atoms with Crippen LogP contribution in [0.1, 0.15) is 63.9 Å². The molecule has 0 bridgehead atoms. The number of halogens is 1. The first kappa shape index (κ1) is 20.2. The number of sulfonamides is 1.